The minimum Gasteiger partial charge on any atom is -0.330 e. The van der Waals surface area contributed by atoms with Crippen molar-refractivity contribution in [1.29, 1.82) is 0 Å². The summed E-state index contributed by atoms with van der Waals surface area (Å²) in [6, 6.07) is 12.5. The van der Waals surface area contributed by atoms with Crippen molar-refractivity contribution in [3.8, 4) is 0 Å². The van der Waals surface area contributed by atoms with Gasteiger partial charge in [-0.2, -0.15) is 0 Å². The maximum absolute atomic E-state index is 12.6. The van der Waals surface area contributed by atoms with Crippen molar-refractivity contribution in [2.75, 3.05) is 19.6 Å². The largest absolute Gasteiger partial charge is 0.330 e. The maximum Gasteiger partial charge on any atom is 0.237 e. The lowest BCUT2D eigenvalue weighted by Gasteiger charge is -2.36. The van der Waals surface area contributed by atoms with Gasteiger partial charge in [-0.1, -0.05) is 36.4 Å². The van der Waals surface area contributed by atoms with E-state index in [1.807, 2.05) is 23.1 Å². The minimum atomic E-state index is 0.0363. The Morgan fingerprint density at radius 1 is 1.36 bits per heavy atom. The van der Waals surface area contributed by atoms with E-state index in [1.165, 1.54) is 16.0 Å². The van der Waals surface area contributed by atoms with E-state index in [0.29, 0.717) is 13.1 Å². The predicted molar refractivity (Wildman–Crippen MR) is 91.1 cm³/mol. The first-order valence-corrected chi connectivity index (χ1v) is 8.41. The molecule has 1 amide bonds. The zero-order valence-corrected chi connectivity index (χ0v) is 13.3. The third kappa shape index (κ3) is 2.98. The third-order valence-electron chi connectivity index (χ3n) is 3.97. The fraction of sp³-hybridized carbons (Fsp3) is 0.278. The molecule has 1 atom stereocenters. The van der Waals surface area contributed by atoms with Crippen LogP contribution in [0.15, 0.2) is 54.4 Å². The Morgan fingerprint density at radius 2 is 2.18 bits per heavy atom. The van der Waals surface area contributed by atoms with Gasteiger partial charge < -0.3 is 10.2 Å². The Hall–Kier alpha value is -1.91. The van der Waals surface area contributed by atoms with E-state index >= 15 is 0 Å². The van der Waals surface area contributed by atoms with Crippen molar-refractivity contribution in [2.45, 2.75) is 12.5 Å². The van der Waals surface area contributed by atoms with Crippen LogP contribution in [0.25, 0.3) is 0 Å². The average molecular weight is 312 g/mol. The molecule has 0 fully saturated rings. The third-order valence-corrected chi connectivity index (χ3v) is 4.96. The molecular formula is C18H20N2OS. The van der Waals surface area contributed by atoms with Gasteiger partial charge in [-0.05, 0) is 29.0 Å². The number of nitrogens with zero attached hydrogens (tertiary/aromatic N) is 1. The molecule has 3 rings (SSSR count). The lowest BCUT2D eigenvalue weighted by atomic mass is 9.93. The molecular weight excluding hydrogens is 292 g/mol. The van der Waals surface area contributed by atoms with Gasteiger partial charge in [0.25, 0.3) is 0 Å². The highest BCUT2D eigenvalue weighted by Crippen LogP contribution is 2.37. The van der Waals surface area contributed by atoms with Crippen LogP contribution in [0.5, 0.6) is 0 Å². The van der Waals surface area contributed by atoms with E-state index in [0.717, 1.165) is 13.0 Å². The molecule has 0 radical (unpaired) electrons. The number of hydrogen-bond donors (Lipinski definition) is 1. The zero-order valence-electron chi connectivity index (χ0n) is 12.5. The number of fused-ring (bicyclic) bond motifs is 1. The number of benzene rings is 1. The Balaban J connectivity index is 1.89. The number of nitrogens with one attached hydrogen (secondary N) is 1. The van der Waals surface area contributed by atoms with Gasteiger partial charge in [0.1, 0.15) is 0 Å². The normalized spacial score (nSPS) is 17.1. The SMILES string of the molecule is C=CCNCC(=O)N1CCc2sccc2[C@@H]1c1ccccc1. The molecule has 1 aliphatic rings. The molecule has 22 heavy (non-hydrogen) atoms. The summed E-state index contributed by atoms with van der Waals surface area (Å²) in [7, 11) is 0. The van der Waals surface area contributed by atoms with Gasteiger partial charge in [-0.15, -0.1) is 17.9 Å². The second kappa shape index (κ2) is 6.90. The van der Waals surface area contributed by atoms with E-state index in [2.05, 4.69) is 35.5 Å². The van der Waals surface area contributed by atoms with Crippen molar-refractivity contribution in [2.24, 2.45) is 0 Å². The summed E-state index contributed by atoms with van der Waals surface area (Å²) >= 11 is 1.79. The molecule has 2 heterocycles. The molecule has 1 aromatic heterocycles. The summed E-state index contributed by atoms with van der Waals surface area (Å²) in [4.78, 5) is 16.0. The Labute approximate surface area is 135 Å². The quantitative estimate of drug-likeness (QED) is 0.680. The number of rotatable bonds is 5. The van der Waals surface area contributed by atoms with Crippen molar-refractivity contribution >= 4 is 17.2 Å². The van der Waals surface area contributed by atoms with E-state index in [4.69, 9.17) is 0 Å². The Morgan fingerprint density at radius 3 is 2.95 bits per heavy atom. The number of thiophene rings is 1. The van der Waals surface area contributed by atoms with E-state index < -0.39 is 0 Å². The molecule has 1 aliphatic heterocycles. The first-order chi connectivity index (χ1) is 10.8. The second-order valence-electron chi connectivity index (χ2n) is 5.37. The van der Waals surface area contributed by atoms with Crippen LogP contribution in [0.4, 0.5) is 0 Å². The highest BCUT2D eigenvalue weighted by molar-refractivity contribution is 7.10. The van der Waals surface area contributed by atoms with Crippen molar-refractivity contribution in [1.82, 2.24) is 10.2 Å². The molecule has 0 aliphatic carbocycles. The number of amides is 1. The molecule has 0 bridgehead atoms. The van der Waals surface area contributed by atoms with Crippen molar-refractivity contribution in [3.05, 3.63) is 70.4 Å². The summed E-state index contributed by atoms with van der Waals surface area (Å²) < 4.78 is 0. The maximum atomic E-state index is 12.6. The molecule has 4 heteroatoms. The standard InChI is InChI=1S/C18H20N2OS/c1-2-10-19-13-17(21)20-11-8-16-15(9-12-22-16)18(20)14-6-4-3-5-7-14/h2-7,9,12,18-19H,1,8,10-11,13H2/t18-/m0/s1. The van der Waals surface area contributed by atoms with Crippen LogP contribution in [-0.4, -0.2) is 30.4 Å². The fourth-order valence-electron chi connectivity index (χ4n) is 2.96. The van der Waals surface area contributed by atoms with Crippen LogP contribution in [0, 0.1) is 0 Å². The molecule has 114 valence electrons. The fourth-order valence-corrected chi connectivity index (χ4v) is 3.87. The summed E-state index contributed by atoms with van der Waals surface area (Å²) in [5, 5.41) is 5.24. The van der Waals surface area contributed by atoms with Crippen LogP contribution >= 0.6 is 11.3 Å². The van der Waals surface area contributed by atoms with Gasteiger partial charge in [-0.25, -0.2) is 0 Å². The molecule has 3 nitrogen and oxygen atoms in total. The van der Waals surface area contributed by atoms with Gasteiger partial charge in [0.2, 0.25) is 5.91 Å². The molecule has 2 aromatic rings. The van der Waals surface area contributed by atoms with Gasteiger partial charge in [0, 0.05) is 18.0 Å². The first-order valence-electron chi connectivity index (χ1n) is 7.53. The summed E-state index contributed by atoms with van der Waals surface area (Å²) in [6.45, 7) is 5.46. The van der Waals surface area contributed by atoms with E-state index in [9.17, 15) is 4.79 Å². The average Bonchev–Trinajstić information content (AvgIpc) is 3.03. The van der Waals surface area contributed by atoms with Crippen LogP contribution in [-0.2, 0) is 11.2 Å². The van der Waals surface area contributed by atoms with Gasteiger partial charge >= 0.3 is 0 Å². The number of carbonyl (C=O) groups is 1. The summed E-state index contributed by atoms with van der Waals surface area (Å²) in [5.41, 5.74) is 2.46. The smallest absolute Gasteiger partial charge is 0.237 e. The van der Waals surface area contributed by atoms with Crippen molar-refractivity contribution in [3.63, 3.8) is 0 Å². The minimum absolute atomic E-state index is 0.0363. The monoisotopic (exact) mass is 312 g/mol. The highest BCUT2D eigenvalue weighted by atomic mass is 32.1. The van der Waals surface area contributed by atoms with Crippen LogP contribution < -0.4 is 5.32 Å². The van der Waals surface area contributed by atoms with Crippen LogP contribution in [0.2, 0.25) is 0 Å². The lowest BCUT2D eigenvalue weighted by Crippen LogP contribution is -2.44. The number of carbonyl (C=O) groups excluding carboxylic acids is 1. The second-order valence-corrected chi connectivity index (χ2v) is 6.37. The Bertz CT molecular complexity index is 650. The van der Waals surface area contributed by atoms with Gasteiger partial charge in [-0.3, -0.25) is 4.79 Å². The number of hydrogen-bond acceptors (Lipinski definition) is 3. The van der Waals surface area contributed by atoms with Crippen molar-refractivity contribution < 1.29 is 4.79 Å². The molecule has 1 aromatic carbocycles. The zero-order chi connectivity index (χ0) is 15.4. The molecule has 0 spiro atoms. The lowest BCUT2D eigenvalue weighted by molar-refractivity contribution is -0.132. The summed E-state index contributed by atoms with van der Waals surface area (Å²) in [5.74, 6) is 0.146. The van der Waals surface area contributed by atoms with E-state index in [1.54, 1.807) is 17.4 Å². The highest BCUT2D eigenvalue weighted by Gasteiger charge is 2.32. The molecule has 1 N–H and O–H groups in total. The first kappa shape index (κ1) is 15.0. The molecule has 0 saturated carbocycles. The van der Waals surface area contributed by atoms with E-state index in [-0.39, 0.29) is 11.9 Å². The molecule has 0 saturated heterocycles. The van der Waals surface area contributed by atoms with Gasteiger partial charge in [0.05, 0.1) is 12.6 Å². The Kier molecular flexibility index (Phi) is 4.71. The summed E-state index contributed by atoms with van der Waals surface area (Å²) in [6.07, 6.45) is 2.72. The topological polar surface area (TPSA) is 32.3 Å². The predicted octanol–water partition coefficient (Wildman–Crippen LogP) is 3.00. The van der Waals surface area contributed by atoms with Gasteiger partial charge in [0.15, 0.2) is 0 Å². The molecule has 0 unspecified atom stereocenters. The van der Waals surface area contributed by atoms with Crippen LogP contribution in [0.3, 0.4) is 0 Å². The van der Waals surface area contributed by atoms with Crippen LogP contribution in [0.1, 0.15) is 22.0 Å².